The van der Waals surface area contributed by atoms with E-state index in [2.05, 4.69) is 10.6 Å². The van der Waals surface area contributed by atoms with Gasteiger partial charge in [0.05, 0.1) is 23.4 Å². The summed E-state index contributed by atoms with van der Waals surface area (Å²) in [6.45, 7) is 0.750. The third kappa shape index (κ3) is 6.41. The van der Waals surface area contributed by atoms with Crippen molar-refractivity contribution < 1.29 is 14.3 Å². The van der Waals surface area contributed by atoms with Crippen LogP contribution in [0.5, 0.6) is 5.75 Å². The number of carbonyl (C=O) groups excluding carboxylic acids is 2. The average molecular weight is 447 g/mol. The highest BCUT2D eigenvalue weighted by Crippen LogP contribution is 2.29. The topological polar surface area (TPSA) is 67.4 Å². The lowest BCUT2D eigenvalue weighted by molar-refractivity contribution is -0.118. The highest BCUT2D eigenvalue weighted by Gasteiger charge is 2.16. The summed E-state index contributed by atoms with van der Waals surface area (Å²) in [6, 6.07) is 12.4. The van der Waals surface area contributed by atoms with Crippen molar-refractivity contribution in [2.75, 3.05) is 24.7 Å². The van der Waals surface area contributed by atoms with Crippen molar-refractivity contribution in [1.29, 1.82) is 0 Å². The van der Waals surface area contributed by atoms with Gasteiger partial charge in [-0.25, -0.2) is 0 Å². The van der Waals surface area contributed by atoms with Gasteiger partial charge < -0.3 is 15.4 Å². The van der Waals surface area contributed by atoms with Gasteiger partial charge in [0, 0.05) is 17.1 Å². The number of ether oxygens (including phenoxy) is 1. The van der Waals surface area contributed by atoms with Gasteiger partial charge in [0.2, 0.25) is 5.91 Å². The fourth-order valence-electron chi connectivity index (χ4n) is 3.57. The Hall–Kier alpha value is -2.18. The molecule has 2 N–H and O–H groups in total. The van der Waals surface area contributed by atoms with Gasteiger partial charge in [0.15, 0.2) is 0 Å². The zero-order valence-corrected chi connectivity index (χ0v) is 18.7. The van der Waals surface area contributed by atoms with Crippen LogP contribution in [0.15, 0.2) is 47.4 Å². The number of hydrogen-bond donors (Lipinski definition) is 2. The maximum absolute atomic E-state index is 12.8. The number of hydrogen-bond acceptors (Lipinski definition) is 4. The first kappa shape index (κ1) is 22.5. The summed E-state index contributed by atoms with van der Waals surface area (Å²) in [7, 11) is 1.54. The van der Waals surface area contributed by atoms with Gasteiger partial charge in [0.1, 0.15) is 5.75 Å². The largest absolute Gasteiger partial charge is 0.495 e. The van der Waals surface area contributed by atoms with Crippen LogP contribution in [0.1, 0.15) is 42.5 Å². The van der Waals surface area contributed by atoms with Crippen LogP contribution >= 0.6 is 23.4 Å². The van der Waals surface area contributed by atoms with Crippen molar-refractivity contribution in [3.8, 4) is 5.75 Å². The summed E-state index contributed by atoms with van der Waals surface area (Å²) < 4.78 is 5.14. The molecule has 1 aliphatic carbocycles. The molecule has 0 aromatic heterocycles. The molecule has 0 heterocycles. The van der Waals surface area contributed by atoms with Gasteiger partial charge in [-0.3, -0.25) is 9.59 Å². The lowest BCUT2D eigenvalue weighted by atomic mass is 9.89. The smallest absolute Gasteiger partial charge is 0.256 e. The maximum atomic E-state index is 12.8. The molecule has 0 saturated heterocycles. The van der Waals surface area contributed by atoms with Gasteiger partial charge in [0.25, 0.3) is 5.91 Å². The first-order valence-corrected chi connectivity index (χ1v) is 11.6. The Morgan fingerprint density at radius 3 is 2.63 bits per heavy atom. The molecule has 7 heteroatoms. The molecule has 1 saturated carbocycles. The number of thioether (sulfide) groups is 1. The van der Waals surface area contributed by atoms with E-state index in [1.54, 1.807) is 24.3 Å². The Labute approximate surface area is 186 Å². The summed E-state index contributed by atoms with van der Waals surface area (Å²) in [4.78, 5) is 25.8. The summed E-state index contributed by atoms with van der Waals surface area (Å²) >= 11 is 7.51. The predicted molar refractivity (Wildman–Crippen MR) is 123 cm³/mol. The third-order valence-electron chi connectivity index (χ3n) is 5.21. The predicted octanol–water partition coefficient (Wildman–Crippen LogP) is 5.39. The van der Waals surface area contributed by atoms with Crippen LogP contribution in [-0.2, 0) is 4.79 Å². The van der Waals surface area contributed by atoms with E-state index < -0.39 is 0 Å². The van der Waals surface area contributed by atoms with Gasteiger partial charge in [-0.05, 0) is 49.1 Å². The monoisotopic (exact) mass is 446 g/mol. The third-order valence-corrected chi connectivity index (χ3v) is 6.58. The Balaban J connectivity index is 1.56. The van der Waals surface area contributed by atoms with Crippen LogP contribution in [0.25, 0.3) is 0 Å². The number of nitrogens with one attached hydrogen (secondary N) is 2. The summed E-state index contributed by atoms with van der Waals surface area (Å²) in [5.74, 6) is 1.18. The van der Waals surface area contributed by atoms with E-state index in [-0.39, 0.29) is 17.6 Å². The highest BCUT2D eigenvalue weighted by molar-refractivity contribution is 8.00. The molecule has 1 fully saturated rings. The number of benzene rings is 2. The average Bonchev–Trinajstić information content (AvgIpc) is 2.77. The summed E-state index contributed by atoms with van der Waals surface area (Å²) in [6.07, 6.45) is 6.23. The number of amides is 2. The quantitative estimate of drug-likeness (QED) is 0.533. The molecule has 5 nitrogen and oxygen atoms in total. The number of rotatable bonds is 8. The molecule has 0 unspecified atom stereocenters. The summed E-state index contributed by atoms with van der Waals surface area (Å²) in [5, 5.41) is 6.32. The molecular weight excluding hydrogens is 420 g/mol. The first-order chi connectivity index (χ1) is 14.6. The molecule has 2 aromatic rings. The second kappa shape index (κ2) is 11.3. The van der Waals surface area contributed by atoms with Gasteiger partial charge >= 0.3 is 0 Å². The molecule has 0 spiro atoms. The molecule has 30 heavy (non-hydrogen) atoms. The molecule has 0 atom stereocenters. The minimum atomic E-state index is -0.248. The Kier molecular flexibility index (Phi) is 8.46. The minimum absolute atomic E-state index is 0.00252. The maximum Gasteiger partial charge on any atom is 0.256 e. The van der Waals surface area contributed by atoms with Crippen LogP contribution in [0, 0.1) is 5.92 Å². The number of methoxy groups -OCH3 is 1. The van der Waals surface area contributed by atoms with Gasteiger partial charge in [-0.15, -0.1) is 11.8 Å². The fourth-order valence-corrected chi connectivity index (χ4v) is 4.70. The molecule has 3 rings (SSSR count). The van der Waals surface area contributed by atoms with Crippen LogP contribution in [0.4, 0.5) is 5.69 Å². The van der Waals surface area contributed by atoms with Gasteiger partial charge in [-0.1, -0.05) is 43.0 Å². The van der Waals surface area contributed by atoms with Crippen LogP contribution in [0.3, 0.4) is 0 Å². The van der Waals surface area contributed by atoms with E-state index in [1.165, 1.54) is 51.0 Å². The second-order valence-electron chi connectivity index (χ2n) is 7.40. The zero-order chi connectivity index (χ0) is 21.3. The molecule has 2 amide bonds. The Morgan fingerprint density at radius 1 is 1.13 bits per heavy atom. The van der Waals surface area contributed by atoms with Crippen molar-refractivity contribution >= 4 is 40.9 Å². The lowest BCUT2D eigenvalue weighted by Gasteiger charge is -2.21. The van der Waals surface area contributed by atoms with E-state index >= 15 is 0 Å². The van der Waals surface area contributed by atoms with Crippen LogP contribution in [0.2, 0.25) is 5.02 Å². The Morgan fingerprint density at radius 2 is 1.90 bits per heavy atom. The summed E-state index contributed by atoms with van der Waals surface area (Å²) in [5.41, 5.74) is 1.10. The fraction of sp³-hybridized carbons (Fsp3) is 0.391. The van der Waals surface area contributed by atoms with E-state index in [4.69, 9.17) is 16.3 Å². The lowest BCUT2D eigenvalue weighted by Crippen LogP contribution is -2.31. The normalized spacial score (nSPS) is 14.2. The highest BCUT2D eigenvalue weighted by atomic mass is 35.5. The van der Waals surface area contributed by atoms with Crippen LogP contribution in [-0.4, -0.2) is 31.2 Å². The van der Waals surface area contributed by atoms with E-state index in [1.807, 2.05) is 18.2 Å². The first-order valence-electron chi connectivity index (χ1n) is 10.2. The minimum Gasteiger partial charge on any atom is -0.495 e. The molecule has 0 aliphatic heterocycles. The molecule has 160 valence electrons. The van der Waals surface area contributed by atoms with E-state index in [9.17, 15) is 9.59 Å². The van der Waals surface area contributed by atoms with E-state index in [0.717, 1.165) is 11.4 Å². The van der Waals surface area contributed by atoms with E-state index in [0.29, 0.717) is 27.9 Å². The zero-order valence-electron chi connectivity index (χ0n) is 17.1. The number of anilines is 1. The molecule has 0 bridgehead atoms. The molecule has 0 radical (unpaired) electrons. The molecule has 2 aromatic carbocycles. The molecule has 1 aliphatic rings. The van der Waals surface area contributed by atoms with Crippen LogP contribution < -0.4 is 15.4 Å². The van der Waals surface area contributed by atoms with Crippen molar-refractivity contribution in [3.05, 3.63) is 53.1 Å². The molecular formula is C23H27ClN2O3S. The SMILES string of the molecule is COc1ccc(NC(=O)c2ccccc2SCC(=O)NCC2CCCCC2)cc1Cl. The number of carbonyl (C=O) groups is 2. The van der Waals surface area contributed by atoms with Crippen molar-refractivity contribution in [1.82, 2.24) is 5.32 Å². The standard InChI is InChI=1S/C23H27ClN2O3S/c1-29-20-12-11-17(13-19(20)24)26-23(28)18-9-5-6-10-21(18)30-15-22(27)25-14-16-7-3-2-4-8-16/h5-6,9-13,16H,2-4,7-8,14-15H2,1H3,(H,25,27)(H,26,28). The number of halogens is 1. The van der Waals surface area contributed by atoms with Crippen molar-refractivity contribution in [2.24, 2.45) is 5.92 Å². The van der Waals surface area contributed by atoms with Gasteiger partial charge in [-0.2, -0.15) is 0 Å². The second-order valence-corrected chi connectivity index (χ2v) is 8.82. The van der Waals surface area contributed by atoms with Crippen molar-refractivity contribution in [3.63, 3.8) is 0 Å². The Bertz CT molecular complexity index is 885. The van der Waals surface area contributed by atoms with Crippen molar-refractivity contribution in [2.45, 2.75) is 37.0 Å².